The van der Waals surface area contributed by atoms with Gasteiger partial charge >= 0.3 is 0 Å². The summed E-state index contributed by atoms with van der Waals surface area (Å²) in [5.41, 5.74) is 6.43. The van der Waals surface area contributed by atoms with Crippen LogP contribution in [-0.2, 0) is 0 Å². The number of nitrogens with one attached hydrogen (secondary N) is 1. The van der Waals surface area contributed by atoms with Crippen molar-refractivity contribution in [3.8, 4) is 0 Å². The van der Waals surface area contributed by atoms with Crippen molar-refractivity contribution in [3.63, 3.8) is 0 Å². The van der Waals surface area contributed by atoms with Gasteiger partial charge in [0.15, 0.2) is 0 Å². The molecule has 5 heteroatoms. The van der Waals surface area contributed by atoms with E-state index in [0.29, 0.717) is 17.8 Å². The lowest BCUT2D eigenvalue weighted by Crippen LogP contribution is -2.21. The molecule has 3 nitrogen and oxygen atoms in total. The van der Waals surface area contributed by atoms with Gasteiger partial charge in [-0.25, -0.2) is 4.39 Å². The van der Waals surface area contributed by atoms with E-state index in [1.165, 1.54) is 6.07 Å². The molecule has 1 aromatic rings. The summed E-state index contributed by atoms with van der Waals surface area (Å²) in [4.78, 5) is 2.23. The van der Waals surface area contributed by atoms with Gasteiger partial charge in [0.05, 0.1) is 5.69 Å². The molecule has 0 amide bonds. The minimum absolute atomic E-state index is 0.207. The Labute approximate surface area is 100 Å². The lowest BCUT2D eigenvalue weighted by molar-refractivity contribution is 0.425. The van der Waals surface area contributed by atoms with Crippen LogP contribution >= 0.6 is 12.2 Å². The number of nitrogens with zero attached hydrogens (tertiary/aromatic N) is 1. The Bertz CT molecular complexity index is 379. The van der Waals surface area contributed by atoms with E-state index in [-0.39, 0.29) is 10.8 Å². The first-order valence-corrected chi connectivity index (χ1v) is 5.39. The second-order valence-corrected chi connectivity index (χ2v) is 4.23. The SMILES string of the molecule is CN(C)CCNc1ccc(C(N)=S)cc1F. The summed E-state index contributed by atoms with van der Waals surface area (Å²) in [6, 6.07) is 4.71. The predicted molar refractivity (Wildman–Crippen MR) is 69.3 cm³/mol. The molecule has 3 N–H and O–H groups in total. The summed E-state index contributed by atoms with van der Waals surface area (Å²) in [6.07, 6.45) is 0. The number of likely N-dealkylation sites (N-methyl/N-ethyl adjacent to an activating group) is 1. The largest absolute Gasteiger partial charge is 0.389 e. The van der Waals surface area contributed by atoms with Gasteiger partial charge in [0.25, 0.3) is 0 Å². The zero-order valence-electron chi connectivity index (χ0n) is 9.46. The highest BCUT2D eigenvalue weighted by molar-refractivity contribution is 7.80. The van der Waals surface area contributed by atoms with Gasteiger partial charge in [0.2, 0.25) is 0 Å². The van der Waals surface area contributed by atoms with Crippen molar-refractivity contribution in [2.45, 2.75) is 0 Å². The van der Waals surface area contributed by atoms with Crippen LogP contribution in [0.1, 0.15) is 5.56 Å². The molecule has 0 saturated carbocycles. The molecular formula is C11H16FN3S. The van der Waals surface area contributed by atoms with E-state index in [9.17, 15) is 4.39 Å². The smallest absolute Gasteiger partial charge is 0.146 e. The Kier molecular flexibility index (Phi) is 4.64. The van der Waals surface area contributed by atoms with Crippen LogP contribution in [0.3, 0.4) is 0 Å². The number of halogens is 1. The predicted octanol–water partition coefficient (Wildman–Crippen LogP) is 1.43. The van der Waals surface area contributed by atoms with E-state index in [2.05, 4.69) is 5.32 Å². The van der Waals surface area contributed by atoms with Gasteiger partial charge in [0.1, 0.15) is 10.8 Å². The maximum atomic E-state index is 13.5. The second kappa shape index (κ2) is 5.77. The molecular weight excluding hydrogens is 225 g/mol. The number of anilines is 1. The number of hydrogen-bond acceptors (Lipinski definition) is 3. The normalized spacial score (nSPS) is 10.5. The molecule has 0 aromatic heterocycles. The molecule has 1 aromatic carbocycles. The van der Waals surface area contributed by atoms with E-state index in [0.717, 1.165) is 6.54 Å². The average Bonchev–Trinajstić information content (AvgIpc) is 2.19. The zero-order valence-corrected chi connectivity index (χ0v) is 10.3. The first-order chi connectivity index (χ1) is 7.50. The first kappa shape index (κ1) is 12.9. The molecule has 1 rings (SSSR count). The highest BCUT2D eigenvalue weighted by Gasteiger charge is 2.04. The first-order valence-electron chi connectivity index (χ1n) is 4.98. The third kappa shape index (κ3) is 3.75. The van der Waals surface area contributed by atoms with Crippen molar-refractivity contribution in [2.24, 2.45) is 5.73 Å². The summed E-state index contributed by atoms with van der Waals surface area (Å²) < 4.78 is 13.5. The highest BCUT2D eigenvalue weighted by atomic mass is 32.1. The van der Waals surface area contributed by atoms with Crippen LogP contribution in [0.5, 0.6) is 0 Å². The van der Waals surface area contributed by atoms with Gasteiger partial charge in [0, 0.05) is 18.7 Å². The third-order valence-electron chi connectivity index (χ3n) is 2.13. The molecule has 0 atom stereocenters. The topological polar surface area (TPSA) is 41.3 Å². The molecule has 0 saturated heterocycles. The number of nitrogens with two attached hydrogens (primary N) is 1. The maximum absolute atomic E-state index is 13.5. The third-order valence-corrected chi connectivity index (χ3v) is 2.36. The summed E-state index contributed by atoms with van der Waals surface area (Å²) >= 11 is 4.77. The van der Waals surface area contributed by atoms with E-state index in [4.69, 9.17) is 18.0 Å². The van der Waals surface area contributed by atoms with Crippen LogP contribution in [0.25, 0.3) is 0 Å². The van der Waals surface area contributed by atoms with Crippen molar-refractivity contribution in [1.82, 2.24) is 4.90 Å². The summed E-state index contributed by atoms with van der Waals surface area (Å²) in [5, 5.41) is 3.01. The van der Waals surface area contributed by atoms with Crippen LogP contribution in [0.15, 0.2) is 18.2 Å². The maximum Gasteiger partial charge on any atom is 0.146 e. The lowest BCUT2D eigenvalue weighted by Gasteiger charge is -2.12. The fourth-order valence-corrected chi connectivity index (χ4v) is 1.35. The quantitative estimate of drug-likeness (QED) is 0.765. The van der Waals surface area contributed by atoms with Crippen LogP contribution in [0, 0.1) is 5.82 Å². The number of hydrogen-bond donors (Lipinski definition) is 2. The van der Waals surface area contributed by atoms with Gasteiger partial charge in [-0.2, -0.15) is 0 Å². The molecule has 0 aliphatic rings. The minimum Gasteiger partial charge on any atom is -0.389 e. The highest BCUT2D eigenvalue weighted by Crippen LogP contribution is 2.15. The molecule has 0 unspecified atom stereocenters. The Morgan fingerprint density at radius 3 is 2.69 bits per heavy atom. The van der Waals surface area contributed by atoms with Crippen molar-refractivity contribution >= 4 is 22.9 Å². The van der Waals surface area contributed by atoms with E-state index >= 15 is 0 Å². The number of thiocarbonyl (C=S) groups is 1. The molecule has 0 heterocycles. The van der Waals surface area contributed by atoms with Crippen LogP contribution in [0.2, 0.25) is 0 Å². The minimum atomic E-state index is -0.330. The summed E-state index contributed by atoms with van der Waals surface area (Å²) in [5.74, 6) is -0.330. The Hall–Kier alpha value is -1.20. The van der Waals surface area contributed by atoms with Crippen molar-refractivity contribution < 1.29 is 4.39 Å². The van der Waals surface area contributed by atoms with E-state index < -0.39 is 0 Å². The number of rotatable bonds is 5. The monoisotopic (exact) mass is 241 g/mol. The van der Waals surface area contributed by atoms with Crippen LogP contribution in [-0.4, -0.2) is 37.1 Å². The molecule has 0 radical (unpaired) electrons. The van der Waals surface area contributed by atoms with Gasteiger partial charge < -0.3 is 16.0 Å². The van der Waals surface area contributed by atoms with Crippen molar-refractivity contribution in [3.05, 3.63) is 29.6 Å². The van der Waals surface area contributed by atoms with Gasteiger partial charge in [-0.1, -0.05) is 12.2 Å². The molecule has 0 aliphatic carbocycles. The summed E-state index contributed by atoms with van der Waals surface area (Å²) in [6.45, 7) is 1.53. The fraction of sp³-hybridized carbons (Fsp3) is 0.364. The van der Waals surface area contributed by atoms with Gasteiger partial charge in [-0.3, -0.25) is 0 Å². The van der Waals surface area contributed by atoms with Crippen LogP contribution < -0.4 is 11.1 Å². The van der Waals surface area contributed by atoms with Crippen LogP contribution in [0.4, 0.5) is 10.1 Å². The standard InChI is InChI=1S/C11H16FN3S/c1-15(2)6-5-14-10-4-3-8(11(13)16)7-9(10)12/h3-4,7,14H,5-6H2,1-2H3,(H2,13,16). The van der Waals surface area contributed by atoms with E-state index in [1.807, 2.05) is 19.0 Å². The Balaban J connectivity index is 2.64. The molecule has 88 valence electrons. The lowest BCUT2D eigenvalue weighted by atomic mass is 10.2. The average molecular weight is 241 g/mol. The Morgan fingerprint density at radius 2 is 2.19 bits per heavy atom. The van der Waals surface area contributed by atoms with E-state index in [1.54, 1.807) is 12.1 Å². The van der Waals surface area contributed by atoms with Gasteiger partial charge in [-0.05, 0) is 32.3 Å². The zero-order chi connectivity index (χ0) is 12.1. The molecule has 0 fully saturated rings. The summed E-state index contributed by atoms with van der Waals surface area (Å²) in [7, 11) is 3.93. The fourth-order valence-electron chi connectivity index (χ4n) is 1.23. The second-order valence-electron chi connectivity index (χ2n) is 3.79. The van der Waals surface area contributed by atoms with Crippen molar-refractivity contribution in [1.29, 1.82) is 0 Å². The van der Waals surface area contributed by atoms with Crippen molar-refractivity contribution in [2.75, 3.05) is 32.5 Å². The molecule has 0 aliphatic heterocycles. The van der Waals surface area contributed by atoms with Gasteiger partial charge in [-0.15, -0.1) is 0 Å². The molecule has 0 spiro atoms. The Morgan fingerprint density at radius 1 is 1.50 bits per heavy atom. The molecule has 16 heavy (non-hydrogen) atoms. The molecule has 0 bridgehead atoms. The number of benzene rings is 1.